The summed E-state index contributed by atoms with van der Waals surface area (Å²) < 4.78 is 23.2. The Morgan fingerprint density at radius 2 is 1.95 bits per heavy atom. The summed E-state index contributed by atoms with van der Waals surface area (Å²) in [4.78, 5) is 22.1. The lowest BCUT2D eigenvalue weighted by molar-refractivity contribution is -0.117. The van der Waals surface area contributed by atoms with Crippen molar-refractivity contribution < 1.29 is 23.1 Å². The van der Waals surface area contributed by atoms with Crippen molar-refractivity contribution in [1.82, 2.24) is 0 Å². The highest BCUT2D eigenvalue weighted by atomic mass is 35.5. The van der Waals surface area contributed by atoms with Gasteiger partial charge in [-0.05, 0) is 18.2 Å². The van der Waals surface area contributed by atoms with Crippen molar-refractivity contribution in [2.75, 3.05) is 17.3 Å². The number of carboxylic acids is 1. The molecule has 0 saturated carbocycles. The monoisotopic (exact) mass is 351 g/mol. The van der Waals surface area contributed by atoms with E-state index in [0.29, 0.717) is 4.90 Å². The molecule has 21 heavy (non-hydrogen) atoms. The van der Waals surface area contributed by atoms with E-state index in [0.717, 1.165) is 0 Å². The van der Waals surface area contributed by atoms with E-state index in [-0.39, 0.29) is 34.3 Å². The van der Waals surface area contributed by atoms with Gasteiger partial charge in [0.1, 0.15) is 0 Å². The van der Waals surface area contributed by atoms with E-state index in [2.05, 4.69) is 0 Å². The maximum Gasteiger partial charge on any atom is 0.337 e. The second-order valence-corrected chi connectivity index (χ2v) is 8.04. The van der Waals surface area contributed by atoms with Gasteiger partial charge in [0.2, 0.25) is 5.91 Å². The van der Waals surface area contributed by atoms with E-state index >= 15 is 0 Å². The number of hydrogen-bond donors (Lipinski definition) is 2. The molecule has 0 bridgehead atoms. The minimum atomic E-state index is -3.35. The third-order valence-electron chi connectivity index (χ3n) is 2.49. The summed E-state index contributed by atoms with van der Waals surface area (Å²) in [7, 11) is -3.35. The van der Waals surface area contributed by atoms with Crippen LogP contribution in [0, 0.1) is 0 Å². The Labute approximate surface area is 131 Å². The fourth-order valence-electron chi connectivity index (χ4n) is 1.40. The van der Waals surface area contributed by atoms with E-state index in [1.165, 1.54) is 23.9 Å². The van der Waals surface area contributed by atoms with Crippen LogP contribution in [-0.4, -0.2) is 42.7 Å². The first-order valence-electron chi connectivity index (χ1n) is 5.85. The summed E-state index contributed by atoms with van der Waals surface area (Å²) in [6.07, 6.45) is -0.197. The van der Waals surface area contributed by atoms with Gasteiger partial charge in [-0.3, -0.25) is 4.79 Å². The van der Waals surface area contributed by atoms with Gasteiger partial charge in [-0.1, -0.05) is 11.6 Å². The third kappa shape index (κ3) is 6.36. The van der Waals surface area contributed by atoms with Gasteiger partial charge in [-0.15, -0.1) is 11.8 Å². The van der Waals surface area contributed by atoms with E-state index < -0.39 is 21.7 Å². The van der Waals surface area contributed by atoms with Crippen LogP contribution in [0.3, 0.4) is 0 Å². The van der Waals surface area contributed by atoms with E-state index in [1.807, 2.05) is 0 Å². The molecule has 0 unspecified atom stereocenters. The number of nitrogens with two attached hydrogens (primary N) is 1. The lowest BCUT2D eigenvalue weighted by Gasteiger charge is -2.05. The van der Waals surface area contributed by atoms with Crippen LogP contribution in [-0.2, 0) is 14.6 Å². The van der Waals surface area contributed by atoms with Crippen LogP contribution < -0.4 is 5.73 Å². The normalized spacial score (nSPS) is 11.3. The standard InChI is InChI=1S/C12H14ClNO5S2/c13-10-2-1-8(7-9(10)12(16)17)20-4-6-21(18,19)5-3-11(14)15/h1-2,7H,3-6H2,(H2,14,15)(H,16,17). The number of carboxylic acid groups (broad SMARTS) is 1. The second kappa shape index (κ2) is 7.67. The summed E-state index contributed by atoms with van der Waals surface area (Å²) >= 11 is 6.94. The van der Waals surface area contributed by atoms with E-state index in [1.54, 1.807) is 6.07 Å². The van der Waals surface area contributed by atoms with E-state index in [4.69, 9.17) is 22.4 Å². The highest BCUT2D eigenvalue weighted by Crippen LogP contribution is 2.24. The van der Waals surface area contributed by atoms with Gasteiger partial charge in [-0.25, -0.2) is 13.2 Å². The molecular formula is C12H14ClNO5S2. The van der Waals surface area contributed by atoms with Gasteiger partial charge in [0.25, 0.3) is 0 Å². The van der Waals surface area contributed by atoms with Gasteiger partial charge in [0.15, 0.2) is 9.84 Å². The number of sulfone groups is 1. The number of amides is 1. The van der Waals surface area contributed by atoms with Crippen molar-refractivity contribution in [3.05, 3.63) is 28.8 Å². The quantitative estimate of drug-likeness (QED) is 0.684. The van der Waals surface area contributed by atoms with Gasteiger partial charge in [0, 0.05) is 17.1 Å². The molecule has 0 saturated heterocycles. The lowest BCUT2D eigenvalue weighted by Crippen LogP contribution is -2.19. The summed E-state index contributed by atoms with van der Waals surface area (Å²) in [5.74, 6) is -1.94. The van der Waals surface area contributed by atoms with Crippen molar-refractivity contribution in [2.45, 2.75) is 11.3 Å². The molecule has 1 amide bonds. The fraction of sp³-hybridized carbons (Fsp3) is 0.333. The molecule has 0 aromatic heterocycles. The third-order valence-corrected chi connectivity index (χ3v) is 5.73. The first-order valence-corrected chi connectivity index (χ1v) is 9.04. The van der Waals surface area contributed by atoms with Crippen LogP contribution in [0.15, 0.2) is 23.1 Å². The number of benzene rings is 1. The Bertz CT molecular complexity index is 645. The average Bonchev–Trinajstić information content (AvgIpc) is 2.38. The van der Waals surface area contributed by atoms with E-state index in [9.17, 15) is 18.0 Å². The smallest absolute Gasteiger partial charge is 0.337 e. The molecule has 1 aromatic rings. The average molecular weight is 352 g/mol. The number of rotatable bonds is 8. The van der Waals surface area contributed by atoms with Crippen molar-refractivity contribution in [2.24, 2.45) is 5.73 Å². The number of primary amides is 1. The highest BCUT2D eigenvalue weighted by Gasteiger charge is 2.13. The van der Waals surface area contributed by atoms with Crippen LogP contribution in [0.2, 0.25) is 5.02 Å². The predicted molar refractivity (Wildman–Crippen MR) is 81.6 cm³/mol. The maximum atomic E-state index is 11.6. The number of carbonyl (C=O) groups is 2. The zero-order valence-electron chi connectivity index (χ0n) is 10.9. The lowest BCUT2D eigenvalue weighted by atomic mass is 10.2. The Hall–Kier alpha value is -1.25. The first kappa shape index (κ1) is 17.8. The van der Waals surface area contributed by atoms with Crippen LogP contribution in [0.4, 0.5) is 0 Å². The molecule has 0 fully saturated rings. The Kier molecular flexibility index (Phi) is 6.50. The van der Waals surface area contributed by atoms with Crippen LogP contribution in [0.25, 0.3) is 0 Å². The SMILES string of the molecule is NC(=O)CCS(=O)(=O)CCSc1ccc(Cl)c(C(=O)O)c1. The maximum absolute atomic E-state index is 11.6. The van der Waals surface area contributed by atoms with Gasteiger partial charge in [0.05, 0.1) is 22.1 Å². The van der Waals surface area contributed by atoms with Gasteiger partial charge in [-0.2, -0.15) is 0 Å². The molecule has 0 radical (unpaired) electrons. The molecule has 1 rings (SSSR count). The number of thioether (sulfide) groups is 1. The van der Waals surface area contributed by atoms with Gasteiger partial charge >= 0.3 is 5.97 Å². The van der Waals surface area contributed by atoms with Crippen molar-refractivity contribution >= 4 is 45.1 Å². The Morgan fingerprint density at radius 3 is 2.52 bits per heavy atom. The molecule has 0 heterocycles. The van der Waals surface area contributed by atoms with Crippen molar-refractivity contribution in [3.8, 4) is 0 Å². The second-order valence-electron chi connectivity index (χ2n) is 4.16. The highest BCUT2D eigenvalue weighted by molar-refractivity contribution is 8.00. The summed E-state index contributed by atoms with van der Waals surface area (Å²) in [5, 5.41) is 9.06. The summed E-state index contributed by atoms with van der Waals surface area (Å²) in [6.45, 7) is 0. The number of halogens is 1. The largest absolute Gasteiger partial charge is 0.478 e. The molecular weight excluding hydrogens is 338 g/mol. The molecule has 0 atom stereocenters. The van der Waals surface area contributed by atoms with Crippen LogP contribution in [0.5, 0.6) is 0 Å². The zero-order valence-corrected chi connectivity index (χ0v) is 13.3. The fourth-order valence-corrected chi connectivity index (χ4v) is 4.27. The van der Waals surface area contributed by atoms with Crippen molar-refractivity contribution in [3.63, 3.8) is 0 Å². The Balaban J connectivity index is 2.58. The van der Waals surface area contributed by atoms with Gasteiger partial charge < -0.3 is 10.8 Å². The minimum absolute atomic E-state index is 0.0294. The molecule has 3 N–H and O–H groups in total. The zero-order chi connectivity index (χ0) is 16.0. The molecule has 0 spiro atoms. The van der Waals surface area contributed by atoms with Crippen LogP contribution in [0.1, 0.15) is 16.8 Å². The molecule has 1 aromatic carbocycles. The minimum Gasteiger partial charge on any atom is -0.478 e. The molecule has 6 nitrogen and oxygen atoms in total. The van der Waals surface area contributed by atoms with Crippen LogP contribution >= 0.6 is 23.4 Å². The predicted octanol–water partition coefficient (Wildman–Crippen LogP) is 1.42. The number of aromatic carboxylic acids is 1. The summed E-state index contributed by atoms with van der Waals surface area (Å²) in [6, 6.07) is 4.47. The topological polar surface area (TPSA) is 115 Å². The molecule has 0 aliphatic heterocycles. The Morgan fingerprint density at radius 1 is 1.29 bits per heavy atom. The molecule has 0 aliphatic carbocycles. The number of carbonyl (C=O) groups excluding carboxylic acids is 1. The summed E-state index contributed by atoms with van der Waals surface area (Å²) in [5.41, 5.74) is 4.87. The molecule has 116 valence electrons. The molecule has 0 aliphatic rings. The van der Waals surface area contributed by atoms with Crippen molar-refractivity contribution in [1.29, 1.82) is 0 Å². The molecule has 9 heteroatoms. The number of hydrogen-bond acceptors (Lipinski definition) is 5. The first-order chi connectivity index (χ1) is 9.71.